The number of hydrogen-bond donors (Lipinski definition) is 2. The summed E-state index contributed by atoms with van der Waals surface area (Å²) >= 11 is 0. The SMILES string of the molecule is CN=C(NCc1cccnc1N1CCOCC1)NCC(C)(C)c1ccccc1. The van der Waals surface area contributed by atoms with E-state index in [2.05, 4.69) is 69.7 Å². The van der Waals surface area contributed by atoms with Gasteiger partial charge in [0, 0.05) is 50.4 Å². The highest BCUT2D eigenvalue weighted by Crippen LogP contribution is 2.22. The van der Waals surface area contributed by atoms with Gasteiger partial charge in [0.15, 0.2) is 5.96 Å². The standard InChI is InChI=1S/C22H31N5O/c1-22(2,19-9-5-4-6-10-19)17-26-21(23-3)25-16-18-8-7-11-24-20(18)27-12-14-28-15-13-27/h4-11H,12-17H2,1-3H3,(H2,23,25,26). The highest BCUT2D eigenvalue weighted by molar-refractivity contribution is 5.79. The molecule has 0 radical (unpaired) electrons. The van der Waals surface area contributed by atoms with Gasteiger partial charge in [-0.15, -0.1) is 0 Å². The molecule has 3 rings (SSSR count). The van der Waals surface area contributed by atoms with Crippen LogP contribution in [-0.4, -0.2) is 50.8 Å². The van der Waals surface area contributed by atoms with Crippen molar-refractivity contribution in [3.63, 3.8) is 0 Å². The molecular formula is C22H31N5O. The number of rotatable bonds is 6. The maximum absolute atomic E-state index is 5.46. The normalized spacial score (nSPS) is 15.4. The molecule has 0 unspecified atom stereocenters. The lowest BCUT2D eigenvalue weighted by atomic mass is 9.85. The fraction of sp³-hybridized carbons (Fsp3) is 0.455. The minimum absolute atomic E-state index is 0.00610. The van der Waals surface area contributed by atoms with E-state index in [0.29, 0.717) is 6.54 Å². The molecule has 0 amide bonds. The molecule has 1 fully saturated rings. The number of guanidine groups is 1. The highest BCUT2D eigenvalue weighted by Gasteiger charge is 2.21. The van der Waals surface area contributed by atoms with Gasteiger partial charge in [0.2, 0.25) is 0 Å². The fourth-order valence-electron chi connectivity index (χ4n) is 3.32. The van der Waals surface area contributed by atoms with Crippen molar-refractivity contribution in [2.75, 3.05) is 44.8 Å². The zero-order chi connectivity index (χ0) is 19.8. The second kappa shape index (κ2) is 9.55. The Balaban J connectivity index is 1.59. The second-order valence-corrected chi connectivity index (χ2v) is 7.61. The molecule has 2 N–H and O–H groups in total. The minimum Gasteiger partial charge on any atom is -0.378 e. The summed E-state index contributed by atoms with van der Waals surface area (Å²) in [7, 11) is 1.80. The molecule has 1 saturated heterocycles. The van der Waals surface area contributed by atoms with E-state index in [-0.39, 0.29) is 5.41 Å². The van der Waals surface area contributed by atoms with Crippen LogP contribution in [0.3, 0.4) is 0 Å². The summed E-state index contributed by atoms with van der Waals surface area (Å²) in [6.45, 7) is 9.19. The molecule has 2 aromatic rings. The van der Waals surface area contributed by atoms with Crippen LogP contribution in [0.15, 0.2) is 53.7 Å². The number of aromatic nitrogens is 1. The molecule has 2 heterocycles. The Kier molecular flexibility index (Phi) is 6.87. The van der Waals surface area contributed by atoms with Crippen LogP contribution < -0.4 is 15.5 Å². The topological polar surface area (TPSA) is 61.8 Å². The van der Waals surface area contributed by atoms with E-state index in [1.54, 1.807) is 7.05 Å². The van der Waals surface area contributed by atoms with E-state index in [1.165, 1.54) is 5.56 Å². The molecule has 1 aromatic heterocycles. The van der Waals surface area contributed by atoms with E-state index in [1.807, 2.05) is 18.3 Å². The third-order valence-corrected chi connectivity index (χ3v) is 5.10. The summed E-state index contributed by atoms with van der Waals surface area (Å²) in [5.74, 6) is 1.82. The number of hydrogen-bond acceptors (Lipinski definition) is 4. The van der Waals surface area contributed by atoms with Crippen molar-refractivity contribution < 1.29 is 4.74 Å². The summed E-state index contributed by atoms with van der Waals surface area (Å²) in [6.07, 6.45) is 1.85. The first kappa shape index (κ1) is 20.1. The zero-order valence-electron chi connectivity index (χ0n) is 17.1. The Morgan fingerprint density at radius 3 is 2.57 bits per heavy atom. The van der Waals surface area contributed by atoms with Crippen molar-refractivity contribution in [3.8, 4) is 0 Å². The Morgan fingerprint density at radius 1 is 1.11 bits per heavy atom. The van der Waals surface area contributed by atoms with E-state index < -0.39 is 0 Å². The lowest BCUT2D eigenvalue weighted by Crippen LogP contribution is -2.43. The van der Waals surface area contributed by atoms with Crippen LogP contribution in [-0.2, 0) is 16.7 Å². The number of morpholine rings is 1. The van der Waals surface area contributed by atoms with Crippen LogP contribution in [0.1, 0.15) is 25.0 Å². The van der Waals surface area contributed by atoms with Crippen LogP contribution in [0.4, 0.5) is 5.82 Å². The van der Waals surface area contributed by atoms with E-state index in [9.17, 15) is 0 Å². The molecule has 28 heavy (non-hydrogen) atoms. The molecule has 6 nitrogen and oxygen atoms in total. The average molecular weight is 382 g/mol. The zero-order valence-corrected chi connectivity index (χ0v) is 17.1. The predicted molar refractivity (Wildman–Crippen MR) is 115 cm³/mol. The lowest BCUT2D eigenvalue weighted by molar-refractivity contribution is 0.122. The van der Waals surface area contributed by atoms with Crippen LogP contribution in [0.2, 0.25) is 0 Å². The minimum atomic E-state index is 0.00610. The van der Waals surface area contributed by atoms with Gasteiger partial charge in [-0.25, -0.2) is 4.98 Å². The van der Waals surface area contributed by atoms with Gasteiger partial charge < -0.3 is 20.3 Å². The molecule has 0 aliphatic carbocycles. The smallest absolute Gasteiger partial charge is 0.191 e. The first-order chi connectivity index (χ1) is 13.6. The van der Waals surface area contributed by atoms with Crippen molar-refractivity contribution in [1.82, 2.24) is 15.6 Å². The van der Waals surface area contributed by atoms with E-state index >= 15 is 0 Å². The van der Waals surface area contributed by atoms with Gasteiger partial charge in [0.05, 0.1) is 13.2 Å². The maximum atomic E-state index is 5.46. The first-order valence-corrected chi connectivity index (χ1v) is 9.87. The third-order valence-electron chi connectivity index (χ3n) is 5.10. The summed E-state index contributed by atoms with van der Waals surface area (Å²) in [5, 5.41) is 6.89. The number of pyridine rings is 1. The van der Waals surface area contributed by atoms with Crippen molar-refractivity contribution in [2.45, 2.75) is 25.8 Å². The van der Waals surface area contributed by atoms with E-state index in [0.717, 1.165) is 50.2 Å². The number of aliphatic imine (C=N–C) groups is 1. The Bertz CT molecular complexity index is 770. The molecule has 0 spiro atoms. The van der Waals surface area contributed by atoms with Crippen LogP contribution in [0.5, 0.6) is 0 Å². The summed E-state index contributed by atoms with van der Waals surface area (Å²) in [4.78, 5) is 11.3. The first-order valence-electron chi connectivity index (χ1n) is 9.87. The number of ether oxygens (including phenoxy) is 1. The van der Waals surface area contributed by atoms with Gasteiger partial charge in [-0.2, -0.15) is 0 Å². The van der Waals surface area contributed by atoms with Gasteiger partial charge in [0.25, 0.3) is 0 Å². The summed E-state index contributed by atoms with van der Waals surface area (Å²) < 4.78 is 5.46. The van der Waals surface area contributed by atoms with Crippen molar-refractivity contribution in [3.05, 3.63) is 59.8 Å². The molecule has 1 aromatic carbocycles. The molecule has 0 saturated carbocycles. The number of benzene rings is 1. The Hall–Kier alpha value is -2.60. The largest absolute Gasteiger partial charge is 0.378 e. The molecule has 150 valence electrons. The highest BCUT2D eigenvalue weighted by atomic mass is 16.5. The van der Waals surface area contributed by atoms with Crippen molar-refractivity contribution >= 4 is 11.8 Å². The molecular weight excluding hydrogens is 350 g/mol. The second-order valence-electron chi connectivity index (χ2n) is 7.61. The summed E-state index contributed by atoms with van der Waals surface area (Å²) in [6, 6.07) is 14.7. The molecule has 0 bridgehead atoms. The van der Waals surface area contributed by atoms with Crippen LogP contribution in [0, 0.1) is 0 Å². The number of nitrogens with one attached hydrogen (secondary N) is 2. The number of nitrogens with zero attached hydrogens (tertiary/aromatic N) is 3. The quantitative estimate of drug-likeness (QED) is 0.595. The summed E-state index contributed by atoms with van der Waals surface area (Å²) in [5.41, 5.74) is 2.47. The van der Waals surface area contributed by atoms with Crippen LogP contribution in [0.25, 0.3) is 0 Å². The fourth-order valence-corrected chi connectivity index (χ4v) is 3.32. The Labute approximate surface area is 168 Å². The molecule has 0 atom stereocenters. The average Bonchev–Trinajstić information content (AvgIpc) is 2.75. The van der Waals surface area contributed by atoms with Crippen LogP contribution >= 0.6 is 0 Å². The Morgan fingerprint density at radius 2 is 1.86 bits per heavy atom. The lowest BCUT2D eigenvalue weighted by Gasteiger charge is -2.30. The van der Waals surface area contributed by atoms with Gasteiger partial charge in [-0.05, 0) is 11.6 Å². The molecule has 6 heteroatoms. The van der Waals surface area contributed by atoms with Gasteiger partial charge in [-0.1, -0.05) is 50.2 Å². The van der Waals surface area contributed by atoms with Gasteiger partial charge in [-0.3, -0.25) is 4.99 Å². The van der Waals surface area contributed by atoms with Crippen molar-refractivity contribution in [2.24, 2.45) is 4.99 Å². The predicted octanol–water partition coefficient (Wildman–Crippen LogP) is 2.56. The monoisotopic (exact) mass is 381 g/mol. The van der Waals surface area contributed by atoms with Gasteiger partial charge >= 0.3 is 0 Å². The third kappa shape index (κ3) is 5.23. The number of anilines is 1. The molecule has 1 aliphatic rings. The molecule has 1 aliphatic heterocycles. The van der Waals surface area contributed by atoms with E-state index in [4.69, 9.17) is 4.74 Å². The van der Waals surface area contributed by atoms with Gasteiger partial charge in [0.1, 0.15) is 5.82 Å². The van der Waals surface area contributed by atoms with Crippen molar-refractivity contribution in [1.29, 1.82) is 0 Å². The maximum Gasteiger partial charge on any atom is 0.191 e.